The van der Waals surface area contributed by atoms with Crippen molar-refractivity contribution in [2.24, 2.45) is 16.7 Å². The molecular weight excluding hydrogens is 148 g/mol. The standard InChI is InChI=1S/C11H20O/c1-10(2)6-5-7-11(3,4)9(10)8-12/h8-9H,5-7H2,1-4H3. The van der Waals surface area contributed by atoms with Crippen LogP contribution in [0.4, 0.5) is 0 Å². The topological polar surface area (TPSA) is 17.1 Å². The number of rotatable bonds is 1. The smallest absolute Gasteiger partial charge is 0.124 e. The lowest BCUT2D eigenvalue weighted by Crippen LogP contribution is -2.41. The largest absolute Gasteiger partial charge is 0.303 e. The van der Waals surface area contributed by atoms with Crippen LogP contribution in [0.25, 0.3) is 0 Å². The van der Waals surface area contributed by atoms with Crippen molar-refractivity contribution in [1.29, 1.82) is 0 Å². The Kier molecular flexibility index (Phi) is 2.33. The Labute approximate surface area is 75.5 Å². The molecule has 0 N–H and O–H groups in total. The molecule has 0 bridgehead atoms. The normalized spacial score (nSPS) is 28.3. The summed E-state index contributed by atoms with van der Waals surface area (Å²) >= 11 is 0. The van der Waals surface area contributed by atoms with Crippen LogP contribution in [0.1, 0.15) is 47.0 Å². The Hall–Kier alpha value is -0.330. The maximum atomic E-state index is 11.0. The lowest BCUT2D eigenvalue weighted by Gasteiger charge is -2.46. The highest BCUT2D eigenvalue weighted by Gasteiger charge is 2.43. The monoisotopic (exact) mass is 168 g/mol. The molecule has 0 unspecified atom stereocenters. The summed E-state index contributed by atoms with van der Waals surface area (Å²) in [5, 5.41) is 0. The summed E-state index contributed by atoms with van der Waals surface area (Å²) in [5.74, 6) is 0.235. The maximum absolute atomic E-state index is 11.0. The minimum Gasteiger partial charge on any atom is -0.303 e. The van der Waals surface area contributed by atoms with Gasteiger partial charge in [0, 0.05) is 5.92 Å². The fourth-order valence-electron chi connectivity index (χ4n) is 2.74. The summed E-state index contributed by atoms with van der Waals surface area (Å²) in [5.41, 5.74) is 0.424. The first-order chi connectivity index (χ1) is 5.40. The lowest BCUT2D eigenvalue weighted by atomic mass is 9.58. The predicted molar refractivity (Wildman–Crippen MR) is 51.0 cm³/mol. The van der Waals surface area contributed by atoms with Crippen LogP contribution >= 0.6 is 0 Å². The first-order valence-corrected chi connectivity index (χ1v) is 4.85. The number of carbonyl (C=O) groups is 1. The van der Waals surface area contributed by atoms with Crippen LogP contribution in [-0.4, -0.2) is 6.29 Å². The van der Waals surface area contributed by atoms with Crippen LogP contribution in [0.3, 0.4) is 0 Å². The van der Waals surface area contributed by atoms with Crippen LogP contribution in [0.5, 0.6) is 0 Å². The third-order valence-electron chi connectivity index (χ3n) is 3.46. The molecule has 0 aromatic carbocycles. The van der Waals surface area contributed by atoms with Gasteiger partial charge in [0.15, 0.2) is 0 Å². The summed E-state index contributed by atoms with van der Waals surface area (Å²) in [6.45, 7) is 8.86. The molecule has 1 aliphatic carbocycles. The van der Waals surface area contributed by atoms with Crippen molar-refractivity contribution in [1.82, 2.24) is 0 Å². The van der Waals surface area contributed by atoms with E-state index in [9.17, 15) is 4.79 Å². The summed E-state index contributed by atoms with van der Waals surface area (Å²) in [6.07, 6.45) is 4.82. The van der Waals surface area contributed by atoms with Gasteiger partial charge in [0.2, 0.25) is 0 Å². The molecule has 1 heteroatoms. The third-order valence-corrected chi connectivity index (χ3v) is 3.46. The van der Waals surface area contributed by atoms with Crippen molar-refractivity contribution in [2.75, 3.05) is 0 Å². The maximum Gasteiger partial charge on any atom is 0.124 e. The van der Waals surface area contributed by atoms with Gasteiger partial charge in [-0.3, -0.25) is 0 Å². The summed E-state index contributed by atoms with van der Waals surface area (Å²) in [7, 11) is 0. The number of carbonyl (C=O) groups excluding carboxylic acids is 1. The van der Waals surface area contributed by atoms with E-state index in [1.54, 1.807) is 0 Å². The lowest BCUT2D eigenvalue weighted by molar-refractivity contribution is -0.122. The summed E-state index contributed by atoms with van der Waals surface area (Å²) in [6, 6.07) is 0. The Balaban J connectivity index is 2.88. The van der Waals surface area contributed by atoms with Gasteiger partial charge in [-0.25, -0.2) is 0 Å². The highest BCUT2D eigenvalue weighted by molar-refractivity contribution is 5.56. The van der Waals surface area contributed by atoms with E-state index in [0.717, 1.165) is 0 Å². The average Bonchev–Trinajstić information content (AvgIpc) is 1.83. The quantitative estimate of drug-likeness (QED) is 0.550. The van der Waals surface area contributed by atoms with E-state index in [1.807, 2.05) is 0 Å². The Bertz CT molecular complexity index is 163. The fourth-order valence-corrected chi connectivity index (χ4v) is 2.74. The van der Waals surface area contributed by atoms with Crippen molar-refractivity contribution in [3.05, 3.63) is 0 Å². The molecule has 0 aliphatic heterocycles. The van der Waals surface area contributed by atoms with Crippen molar-refractivity contribution in [3.63, 3.8) is 0 Å². The van der Waals surface area contributed by atoms with E-state index >= 15 is 0 Å². The Morgan fingerprint density at radius 2 is 1.50 bits per heavy atom. The molecule has 0 heterocycles. The van der Waals surface area contributed by atoms with E-state index in [0.29, 0.717) is 0 Å². The number of hydrogen-bond donors (Lipinski definition) is 0. The van der Waals surface area contributed by atoms with Crippen molar-refractivity contribution < 1.29 is 4.79 Å². The van der Waals surface area contributed by atoms with Crippen LogP contribution in [-0.2, 0) is 4.79 Å². The molecule has 1 aliphatic rings. The molecule has 0 amide bonds. The molecule has 12 heavy (non-hydrogen) atoms. The molecule has 1 saturated carbocycles. The van der Waals surface area contributed by atoms with E-state index in [2.05, 4.69) is 27.7 Å². The molecule has 70 valence electrons. The highest BCUT2D eigenvalue weighted by Crippen LogP contribution is 2.49. The van der Waals surface area contributed by atoms with E-state index < -0.39 is 0 Å². The SMILES string of the molecule is CC1(C)CCCC(C)(C)C1C=O. The average molecular weight is 168 g/mol. The van der Waals surface area contributed by atoms with Crippen LogP contribution in [0, 0.1) is 16.7 Å². The molecule has 1 rings (SSSR count). The molecule has 0 radical (unpaired) electrons. The Morgan fingerprint density at radius 1 is 1.08 bits per heavy atom. The summed E-state index contributed by atoms with van der Waals surface area (Å²) < 4.78 is 0. The molecule has 1 fully saturated rings. The second-order valence-electron chi connectivity index (χ2n) is 5.44. The molecular formula is C11H20O. The minimum atomic E-state index is 0.212. The van der Waals surface area contributed by atoms with E-state index in [-0.39, 0.29) is 16.7 Å². The van der Waals surface area contributed by atoms with Gasteiger partial charge in [0.1, 0.15) is 6.29 Å². The van der Waals surface area contributed by atoms with Gasteiger partial charge < -0.3 is 4.79 Å². The fraction of sp³-hybridized carbons (Fsp3) is 0.909. The minimum absolute atomic E-state index is 0.212. The van der Waals surface area contributed by atoms with Gasteiger partial charge in [-0.2, -0.15) is 0 Å². The van der Waals surface area contributed by atoms with Crippen LogP contribution in [0.2, 0.25) is 0 Å². The van der Waals surface area contributed by atoms with E-state index in [1.165, 1.54) is 25.5 Å². The zero-order valence-corrected chi connectivity index (χ0v) is 8.68. The number of hydrogen-bond acceptors (Lipinski definition) is 1. The molecule has 1 nitrogen and oxygen atoms in total. The van der Waals surface area contributed by atoms with Crippen LogP contribution in [0.15, 0.2) is 0 Å². The Morgan fingerprint density at radius 3 is 1.75 bits per heavy atom. The van der Waals surface area contributed by atoms with Gasteiger partial charge in [0.25, 0.3) is 0 Å². The highest BCUT2D eigenvalue weighted by atomic mass is 16.1. The van der Waals surface area contributed by atoms with Crippen molar-refractivity contribution in [3.8, 4) is 0 Å². The van der Waals surface area contributed by atoms with Gasteiger partial charge in [-0.05, 0) is 23.7 Å². The summed E-state index contributed by atoms with van der Waals surface area (Å²) in [4.78, 5) is 11.0. The first-order valence-electron chi connectivity index (χ1n) is 4.85. The molecule has 0 aromatic rings. The molecule has 0 atom stereocenters. The third kappa shape index (κ3) is 1.55. The zero-order valence-electron chi connectivity index (χ0n) is 8.68. The van der Waals surface area contributed by atoms with Gasteiger partial charge in [-0.15, -0.1) is 0 Å². The van der Waals surface area contributed by atoms with Gasteiger partial charge in [0.05, 0.1) is 0 Å². The van der Waals surface area contributed by atoms with Crippen molar-refractivity contribution >= 4 is 6.29 Å². The van der Waals surface area contributed by atoms with Gasteiger partial charge in [-0.1, -0.05) is 34.1 Å². The predicted octanol–water partition coefficient (Wildman–Crippen LogP) is 3.04. The van der Waals surface area contributed by atoms with Crippen LogP contribution < -0.4 is 0 Å². The molecule has 0 saturated heterocycles. The first kappa shape index (κ1) is 9.76. The number of aldehydes is 1. The van der Waals surface area contributed by atoms with E-state index in [4.69, 9.17) is 0 Å². The second kappa shape index (κ2) is 2.86. The van der Waals surface area contributed by atoms with Crippen molar-refractivity contribution in [2.45, 2.75) is 47.0 Å². The zero-order chi connectivity index (χ0) is 9.41. The van der Waals surface area contributed by atoms with Gasteiger partial charge >= 0.3 is 0 Å². The molecule has 0 aromatic heterocycles. The molecule has 0 spiro atoms. The second-order valence-corrected chi connectivity index (χ2v) is 5.44.